The molecule has 0 heterocycles. The van der Waals surface area contributed by atoms with Crippen molar-refractivity contribution in [1.29, 1.82) is 0 Å². The quantitative estimate of drug-likeness (QED) is 0.678. The molecular weight excluding hydrogens is 214 g/mol. The van der Waals surface area contributed by atoms with Crippen molar-refractivity contribution in [1.82, 2.24) is 0 Å². The molecule has 0 aliphatic heterocycles. The molecule has 2 rings (SSSR count). The first-order valence-electron chi connectivity index (χ1n) is 5.90. The number of hydrogen-bond acceptors (Lipinski definition) is 2. The second-order valence-electron chi connectivity index (χ2n) is 4.49. The van der Waals surface area contributed by atoms with Gasteiger partial charge in [-0.25, -0.2) is 8.78 Å². The number of alkyl halides is 2. The van der Waals surface area contributed by atoms with Crippen LogP contribution in [0.1, 0.15) is 32.6 Å². The Hall–Kier alpha value is -0.480. The summed E-state index contributed by atoms with van der Waals surface area (Å²) in [4.78, 5) is 0. The Morgan fingerprint density at radius 3 is 2.75 bits per heavy atom. The third-order valence-electron chi connectivity index (χ3n) is 3.07. The molecule has 0 amide bonds. The molecule has 2 aliphatic carbocycles. The average Bonchev–Trinajstić information content (AvgIpc) is 2.85. The fourth-order valence-electron chi connectivity index (χ4n) is 1.92. The Bertz CT molecular complexity index is 276. The lowest BCUT2D eigenvalue weighted by atomic mass is 9.97. The van der Waals surface area contributed by atoms with E-state index in [9.17, 15) is 8.78 Å². The van der Waals surface area contributed by atoms with Crippen molar-refractivity contribution in [3.8, 4) is 0 Å². The Morgan fingerprint density at radius 1 is 1.50 bits per heavy atom. The van der Waals surface area contributed by atoms with Crippen LogP contribution in [0.2, 0.25) is 0 Å². The van der Waals surface area contributed by atoms with E-state index in [-0.39, 0.29) is 12.5 Å². The van der Waals surface area contributed by atoms with Crippen LogP contribution >= 0.6 is 0 Å². The van der Waals surface area contributed by atoms with Crippen molar-refractivity contribution >= 4 is 0 Å². The van der Waals surface area contributed by atoms with E-state index in [0.717, 1.165) is 19.3 Å². The SMILES string of the molecule is CCOCC1=CCC(OC2CC2(F)F)CC1. The Balaban J connectivity index is 1.70. The highest BCUT2D eigenvalue weighted by Gasteiger charge is 2.59. The van der Waals surface area contributed by atoms with Gasteiger partial charge in [0.1, 0.15) is 6.10 Å². The summed E-state index contributed by atoms with van der Waals surface area (Å²) in [6, 6.07) is 0. The molecule has 2 atom stereocenters. The van der Waals surface area contributed by atoms with Crippen LogP contribution in [0.3, 0.4) is 0 Å². The number of hydrogen-bond donors (Lipinski definition) is 0. The molecule has 92 valence electrons. The minimum atomic E-state index is -2.56. The summed E-state index contributed by atoms with van der Waals surface area (Å²) >= 11 is 0. The average molecular weight is 232 g/mol. The monoisotopic (exact) mass is 232 g/mol. The topological polar surface area (TPSA) is 18.5 Å². The highest BCUT2D eigenvalue weighted by atomic mass is 19.3. The van der Waals surface area contributed by atoms with Crippen LogP contribution in [0.5, 0.6) is 0 Å². The molecule has 0 radical (unpaired) electrons. The van der Waals surface area contributed by atoms with Gasteiger partial charge in [0.2, 0.25) is 0 Å². The van der Waals surface area contributed by atoms with E-state index >= 15 is 0 Å². The van der Waals surface area contributed by atoms with Gasteiger partial charge in [0.15, 0.2) is 0 Å². The summed E-state index contributed by atoms with van der Waals surface area (Å²) in [5, 5.41) is 0. The van der Waals surface area contributed by atoms with E-state index in [2.05, 4.69) is 6.08 Å². The van der Waals surface area contributed by atoms with Gasteiger partial charge in [-0.2, -0.15) is 0 Å². The summed E-state index contributed by atoms with van der Waals surface area (Å²) in [5.41, 5.74) is 1.27. The van der Waals surface area contributed by atoms with Crippen LogP contribution in [0, 0.1) is 0 Å². The lowest BCUT2D eigenvalue weighted by Crippen LogP contribution is -2.20. The molecule has 0 N–H and O–H groups in total. The first kappa shape index (κ1) is 12.0. The lowest BCUT2D eigenvalue weighted by Gasteiger charge is -2.22. The number of halogens is 2. The lowest BCUT2D eigenvalue weighted by molar-refractivity contribution is -0.0303. The minimum absolute atomic E-state index is 0.0243. The first-order valence-corrected chi connectivity index (χ1v) is 5.90. The van der Waals surface area contributed by atoms with Gasteiger partial charge in [-0.3, -0.25) is 0 Å². The standard InChI is InChI=1S/C12H18F2O2/c1-2-15-8-9-3-5-10(6-4-9)16-11-7-12(11,13)14/h3,10-11H,2,4-8H2,1H3. The predicted molar refractivity (Wildman–Crippen MR) is 56.7 cm³/mol. The van der Waals surface area contributed by atoms with E-state index in [4.69, 9.17) is 9.47 Å². The zero-order valence-corrected chi connectivity index (χ0v) is 9.55. The van der Waals surface area contributed by atoms with Gasteiger partial charge in [-0.05, 0) is 31.8 Å². The van der Waals surface area contributed by atoms with Crippen molar-refractivity contribution in [2.75, 3.05) is 13.2 Å². The van der Waals surface area contributed by atoms with Crippen molar-refractivity contribution in [2.45, 2.75) is 50.7 Å². The fourth-order valence-corrected chi connectivity index (χ4v) is 1.92. The van der Waals surface area contributed by atoms with E-state index in [1.165, 1.54) is 5.57 Å². The molecule has 2 aliphatic rings. The molecule has 0 bridgehead atoms. The maximum atomic E-state index is 12.6. The third-order valence-corrected chi connectivity index (χ3v) is 3.07. The molecule has 2 nitrogen and oxygen atoms in total. The van der Waals surface area contributed by atoms with Gasteiger partial charge >= 0.3 is 0 Å². The van der Waals surface area contributed by atoms with Gasteiger partial charge in [0, 0.05) is 13.0 Å². The first-order chi connectivity index (χ1) is 7.62. The Labute approximate surface area is 94.6 Å². The highest BCUT2D eigenvalue weighted by molar-refractivity contribution is 5.08. The molecule has 4 heteroatoms. The normalized spacial score (nSPS) is 32.3. The molecule has 1 saturated carbocycles. The second-order valence-corrected chi connectivity index (χ2v) is 4.49. The zero-order valence-electron chi connectivity index (χ0n) is 9.55. The van der Waals surface area contributed by atoms with Crippen molar-refractivity contribution in [3.63, 3.8) is 0 Å². The molecular formula is C12H18F2O2. The van der Waals surface area contributed by atoms with Crippen LogP contribution in [0.15, 0.2) is 11.6 Å². The van der Waals surface area contributed by atoms with Crippen LogP contribution in [-0.4, -0.2) is 31.3 Å². The summed E-state index contributed by atoms with van der Waals surface area (Å²) < 4.78 is 35.9. The maximum absolute atomic E-state index is 12.6. The summed E-state index contributed by atoms with van der Waals surface area (Å²) in [7, 11) is 0. The Kier molecular flexibility index (Phi) is 3.60. The second kappa shape index (κ2) is 4.80. The molecule has 0 aromatic heterocycles. The van der Waals surface area contributed by atoms with E-state index < -0.39 is 12.0 Å². The summed E-state index contributed by atoms with van der Waals surface area (Å²) in [6.07, 6.45) is 3.62. The molecule has 16 heavy (non-hydrogen) atoms. The van der Waals surface area contributed by atoms with Gasteiger partial charge in [0.25, 0.3) is 5.92 Å². The molecule has 2 unspecified atom stereocenters. The van der Waals surface area contributed by atoms with E-state index in [0.29, 0.717) is 13.2 Å². The van der Waals surface area contributed by atoms with Crippen LogP contribution in [0.4, 0.5) is 8.78 Å². The minimum Gasteiger partial charge on any atom is -0.377 e. The van der Waals surface area contributed by atoms with Crippen LogP contribution in [0.25, 0.3) is 0 Å². The van der Waals surface area contributed by atoms with Crippen LogP contribution in [-0.2, 0) is 9.47 Å². The van der Waals surface area contributed by atoms with Gasteiger partial charge in [-0.15, -0.1) is 0 Å². The fraction of sp³-hybridized carbons (Fsp3) is 0.833. The van der Waals surface area contributed by atoms with E-state index in [1.54, 1.807) is 0 Å². The smallest absolute Gasteiger partial charge is 0.276 e. The maximum Gasteiger partial charge on any atom is 0.276 e. The highest BCUT2D eigenvalue weighted by Crippen LogP contribution is 2.45. The summed E-state index contributed by atoms with van der Waals surface area (Å²) in [6.45, 7) is 3.35. The van der Waals surface area contributed by atoms with E-state index in [1.807, 2.05) is 6.92 Å². The largest absolute Gasteiger partial charge is 0.377 e. The predicted octanol–water partition coefficient (Wildman–Crippen LogP) is 2.93. The molecule has 0 aromatic rings. The van der Waals surface area contributed by atoms with Crippen molar-refractivity contribution in [2.24, 2.45) is 0 Å². The van der Waals surface area contributed by atoms with Crippen LogP contribution < -0.4 is 0 Å². The third kappa shape index (κ3) is 3.01. The molecule has 0 spiro atoms. The molecule has 0 saturated heterocycles. The Morgan fingerprint density at radius 2 is 2.25 bits per heavy atom. The van der Waals surface area contributed by atoms with Gasteiger partial charge in [0.05, 0.1) is 12.7 Å². The number of rotatable bonds is 5. The van der Waals surface area contributed by atoms with Crippen molar-refractivity contribution < 1.29 is 18.3 Å². The zero-order chi connectivity index (χ0) is 11.6. The van der Waals surface area contributed by atoms with Gasteiger partial charge in [-0.1, -0.05) is 6.08 Å². The van der Waals surface area contributed by atoms with Crippen molar-refractivity contribution in [3.05, 3.63) is 11.6 Å². The number of ether oxygens (including phenoxy) is 2. The summed E-state index contributed by atoms with van der Waals surface area (Å²) in [5.74, 6) is -2.56. The molecule has 1 fully saturated rings. The molecule has 0 aromatic carbocycles. The van der Waals surface area contributed by atoms with Gasteiger partial charge < -0.3 is 9.47 Å².